The zero-order valence-electron chi connectivity index (χ0n) is 16.6. The SMILES string of the molecule is COc1ccc(C(=O)NCCc2ccc(O)cc2C)cc1OCc1ccccc1. The van der Waals surface area contributed by atoms with Gasteiger partial charge in [-0.2, -0.15) is 0 Å². The summed E-state index contributed by atoms with van der Waals surface area (Å²) in [5, 5.41) is 12.4. The predicted molar refractivity (Wildman–Crippen MR) is 113 cm³/mol. The number of phenolic OH excluding ortho intramolecular Hbond substituents is 1. The summed E-state index contributed by atoms with van der Waals surface area (Å²) in [6, 6.07) is 20.2. The van der Waals surface area contributed by atoms with Gasteiger partial charge in [0.05, 0.1) is 7.11 Å². The molecule has 29 heavy (non-hydrogen) atoms. The lowest BCUT2D eigenvalue weighted by atomic mass is 10.1. The molecular formula is C24H25NO4. The molecular weight excluding hydrogens is 366 g/mol. The summed E-state index contributed by atoms with van der Waals surface area (Å²) in [5.41, 5.74) is 3.63. The topological polar surface area (TPSA) is 67.8 Å². The summed E-state index contributed by atoms with van der Waals surface area (Å²) in [4.78, 5) is 12.6. The maximum Gasteiger partial charge on any atom is 0.251 e. The number of phenols is 1. The number of rotatable bonds is 8. The Labute approximate surface area is 170 Å². The summed E-state index contributed by atoms with van der Waals surface area (Å²) >= 11 is 0. The quantitative estimate of drug-likeness (QED) is 0.602. The fourth-order valence-corrected chi connectivity index (χ4v) is 3.04. The molecule has 0 aromatic heterocycles. The number of aryl methyl sites for hydroxylation is 1. The molecule has 0 radical (unpaired) electrons. The van der Waals surface area contributed by atoms with Crippen LogP contribution in [0.2, 0.25) is 0 Å². The van der Waals surface area contributed by atoms with Crippen LogP contribution in [0.5, 0.6) is 17.2 Å². The highest BCUT2D eigenvalue weighted by atomic mass is 16.5. The van der Waals surface area contributed by atoms with Gasteiger partial charge in [0.2, 0.25) is 0 Å². The smallest absolute Gasteiger partial charge is 0.251 e. The summed E-state index contributed by atoms with van der Waals surface area (Å²) in [7, 11) is 1.57. The van der Waals surface area contributed by atoms with Gasteiger partial charge in [-0.3, -0.25) is 4.79 Å². The number of benzene rings is 3. The van der Waals surface area contributed by atoms with Crippen LogP contribution < -0.4 is 14.8 Å². The summed E-state index contributed by atoms with van der Waals surface area (Å²) in [5.74, 6) is 1.18. The number of hydrogen-bond acceptors (Lipinski definition) is 4. The van der Waals surface area contributed by atoms with Crippen LogP contribution in [0.1, 0.15) is 27.0 Å². The molecule has 0 bridgehead atoms. The molecule has 2 N–H and O–H groups in total. The van der Waals surface area contributed by atoms with Gasteiger partial charge in [0.15, 0.2) is 11.5 Å². The number of carbonyl (C=O) groups excluding carboxylic acids is 1. The van der Waals surface area contributed by atoms with Crippen LogP contribution in [0.25, 0.3) is 0 Å². The fraction of sp³-hybridized carbons (Fsp3) is 0.208. The van der Waals surface area contributed by atoms with E-state index in [0.29, 0.717) is 36.6 Å². The van der Waals surface area contributed by atoms with Gasteiger partial charge in [-0.25, -0.2) is 0 Å². The van der Waals surface area contributed by atoms with Crippen molar-refractivity contribution >= 4 is 5.91 Å². The molecule has 5 heteroatoms. The summed E-state index contributed by atoms with van der Waals surface area (Å²) in [6.07, 6.45) is 0.686. The Morgan fingerprint density at radius 2 is 1.79 bits per heavy atom. The molecule has 3 aromatic carbocycles. The lowest BCUT2D eigenvalue weighted by Crippen LogP contribution is -2.25. The van der Waals surface area contributed by atoms with Gasteiger partial charge in [0.25, 0.3) is 5.91 Å². The highest BCUT2D eigenvalue weighted by molar-refractivity contribution is 5.94. The van der Waals surface area contributed by atoms with Gasteiger partial charge in [0, 0.05) is 12.1 Å². The summed E-state index contributed by atoms with van der Waals surface area (Å²) < 4.78 is 11.2. The molecule has 1 amide bonds. The van der Waals surface area contributed by atoms with Crippen LogP contribution in [0, 0.1) is 6.92 Å². The fourth-order valence-electron chi connectivity index (χ4n) is 3.04. The van der Waals surface area contributed by atoms with E-state index in [1.165, 1.54) is 0 Å². The van der Waals surface area contributed by atoms with Gasteiger partial charge >= 0.3 is 0 Å². The molecule has 150 valence electrons. The van der Waals surface area contributed by atoms with Crippen molar-refractivity contribution in [2.75, 3.05) is 13.7 Å². The van der Waals surface area contributed by atoms with Crippen molar-refractivity contribution in [3.63, 3.8) is 0 Å². The van der Waals surface area contributed by atoms with Gasteiger partial charge in [0.1, 0.15) is 12.4 Å². The average Bonchev–Trinajstić information content (AvgIpc) is 2.74. The van der Waals surface area contributed by atoms with Gasteiger partial charge < -0.3 is 19.9 Å². The van der Waals surface area contributed by atoms with E-state index in [1.807, 2.05) is 43.3 Å². The molecule has 0 aliphatic heterocycles. The van der Waals surface area contributed by atoms with E-state index in [-0.39, 0.29) is 11.7 Å². The molecule has 0 saturated carbocycles. The highest BCUT2D eigenvalue weighted by Gasteiger charge is 2.12. The second kappa shape index (κ2) is 9.64. The minimum atomic E-state index is -0.173. The van der Waals surface area contributed by atoms with Crippen LogP contribution >= 0.6 is 0 Å². The molecule has 0 atom stereocenters. The molecule has 0 unspecified atom stereocenters. The minimum absolute atomic E-state index is 0.173. The zero-order chi connectivity index (χ0) is 20.6. The number of methoxy groups -OCH3 is 1. The number of aromatic hydroxyl groups is 1. The Bertz CT molecular complexity index is 970. The molecule has 3 rings (SSSR count). The third-order valence-corrected chi connectivity index (χ3v) is 4.67. The molecule has 0 saturated heterocycles. The van der Waals surface area contributed by atoms with Crippen LogP contribution in [-0.2, 0) is 13.0 Å². The monoisotopic (exact) mass is 391 g/mol. The average molecular weight is 391 g/mol. The maximum absolute atomic E-state index is 12.6. The molecule has 0 spiro atoms. The van der Waals surface area contributed by atoms with E-state index >= 15 is 0 Å². The van der Waals surface area contributed by atoms with E-state index in [1.54, 1.807) is 37.4 Å². The Morgan fingerprint density at radius 3 is 2.52 bits per heavy atom. The highest BCUT2D eigenvalue weighted by Crippen LogP contribution is 2.29. The lowest BCUT2D eigenvalue weighted by Gasteiger charge is -2.13. The van der Waals surface area contributed by atoms with Crippen LogP contribution in [0.4, 0.5) is 0 Å². The van der Waals surface area contributed by atoms with Crippen molar-refractivity contribution in [1.82, 2.24) is 5.32 Å². The predicted octanol–water partition coefficient (Wildman–Crippen LogP) is 4.26. The molecule has 3 aromatic rings. The summed E-state index contributed by atoms with van der Waals surface area (Å²) in [6.45, 7) is 2.83. The third kappa shape index (κ3) is 5.51. The van der Waals surface area contributed by atoms with Crippen molar-refractivity contribution in [2.45, 2.75) is 20.0 Å². The molecule has 5 nitrogen and oxygen atoms in total. The van der Waals surface area contributed by atoms with Crippen molar-refractivity contribution < 1.29 is 19.4 Å². The first-order valence-electron chi connectivity index (χ1n) is 9.48. The standard InChI is InChI=1S/C24H25NO4/c1-17-14-21(26)10-8-19(17)12-13-25-24(27)20-9-11-22(28-2)23(15-20)29-16-18-6-4-3-5-7-18/h3-11,14-15,26H,12-13,16H2,1-2H3,(H,25,27). The molecule has 0 heterocycles. The number of carbonyl (C=O) groups is 1. The van der Waals surface area contributed by atoms with Crippen LogP contribution in [-0.4, -0.2) is 24.7 Å². The Kier molecular flexibility index (Phi) is 6.74. The number of hydrogen-bond donors (Lipinski definition) is 2. The van der Waals surface area contributed by atoms with E-state index in [9.17, 15) is 9.90 Å². The maximum atomic E-state index is 12.6. The van der Waals surface area contributed by atoms with Crippen molar-refractivity contribution in [3.8, 4) is 17.2 Å². The number of nitrogens with one attached hydrogen (secondary N) is 1. The first kappa shape index (κ1) is 20.3. The normalized spacial score (nSPS) is 10.4. The van der Waals surface area contributed by atoms with Gasteiger partial charge in [-0.1, -0.05) is 36.4 Å². The van der Waals surface area contributed by atoms with Gasteiger partial charge in [-0.05, 0) is 60.4 Å². The van der Waals surface area contributed by atoms with E-state index < -0.39 is 0 Å². The van der Waals surface area contributed by atoms with E-state index in [0.717, 1.165) is 16.7 Å². The largest absolute Gasteiger partial charge is 0.508 e. The van der Waals surface area contributed by atoms with Crippen molar-refractivity contribution in [3.05, 3.63) is 89.0 Å². The Morgan fingerprint density at radius 1 is 1.00 bits per heavy atom. The third-order valence-electron chi connectivity index (χ3n) is 4.67. The number of ether oxygens (including phenoxy) is 2. The first-order chi connectivity index (χ1) is 14.1. The second-order valence-electron chi connectivity index (χ2n) is 6.76. The Hall–Kier alpha value is -3.47. The van der Waals surface area contributed by atoms with E-state index in [2.05, 4.69) is 5.32 Å². The van der Waals surface area contributed by atoms with E-state index in [4.69, 9.17) is 9.47 Å². The number of amides is 1. The lowest BCUT2D eigenvalue weighted by molar-refractivity contribution is 0.0953. The van der Waals surface area contributed by atoms with Crippen LogP contribution in [0.3, 0.4) is 0 Å². The molecule has 0 fully saturated rings. The van der Waals surface area contributed by atoms with Crippen molar-refractivity contribution in [2.24, 2.45) is 0 Å². The molecule has 0 aliphatic carbocycles. The zero-order valence-corrected chi connectivity index (χ0v) is 16.6. The minimum Gasteiger partial charge on any atom is -0.508 e. The van der Waals surface area contributed by atoms with Crippen molar-refractivity contribution in [1.29, 1.82) is 0 Å². The molecule has 0 aliphatic rings. The first-order valence-corrected chi connectivity index (χ1v) is 9.48. The van der Waals surface area contributed by atoms with Crippen LogP contribution in [0.15, 0.2) is 66.7 Å². The second-order valence-corrected chi connectivity index (χ2v) is 6.76. The Balaban J connectivity index is 1.62. The van der Waals surface area contributed by atoms with Gasteiger partial charge in [-0.15, -0.1) is 0 Å².